The van der Waals surface area contributed by atoms with Crippen molar-refractivity contribution in [1.29, 1.82) is 5.26 Å². The molecule has 0 rings (SSSR count). The number of rotatable bonds is 5. The van der Waals surface area contributed by atoms with Crippen LogP contribution in [0.5, 0.6) is 0 Å². The van der Waals surface area contributed by atoms with Crippen molar-refractivity contribution in [3.05, 3.63) is 0 Å². The monoisotopic (exact) mass is 238 g/mol. The van der Waals surface area contributed by atoms with Crippen LogP contribution in [-0.2, 0) is 4.79 Å². The number of nitrogens with one attached hydrogen (secondary N) is 1. The van der Waals surface area contributed by atoms with E-state index in [-0.39, 0.29) is 23.3 Å². The van der Waals surface area contributed by atoms with Gasteiger partial charge in [0.05, 0.1) is 6.07 Å². The van der Waals surface area contributed by atoms with E-state index in [0.717, 1.165) is 6.42 Å². The fourth-order valence-corrected chi connectivity index (χ4v) is 2.01. The molecule has 0 aromatic carbocycles. The minimum atomic E-state index is -0.371. The number of nitrogens with zero attached hydrogens (tertiary/aromatic N) is 1. The highest BCUT2D eigenvalue weighted by atomic mass is 16.1. The van der Waals surface area contributed by atoms with Crippen molar-refractivity contribution < 1.29 is 4.79 Å². The number of carbonyl (C=O) groups is 1. The molecular weight excluding hydrogens is 212 g/mol. The van der Waals surface area contributed by atoms with Crippen LogP contribution in [-0.4, -0.2) is 11.9 Å². The van der Waals surface area contributed by atoms with Gasteiger partial charge < -0.3 is 5.32 Å². The van der Waals surface area contributed by atoms with E-state index in [1.165, 1.54) is 0 Å². The quantitative estimate of drug-likeness (QED) is 0.800. The van der Waals surface area contributed by atoms with Crippen molar-refractivity contribution in [1.82, 2.24) is 5.32 Å². The molecule has 17 heavy (non-hydrogen) atoms. The highest BCUT2D eigenvalue weighted by Crippen LogP contribution is 2.25. The zero-order chi connectivity index (χ0) is 13.6. The van der Waals surface area contributed by atoms with Gasteiger partial charge in [-0.2, -0.15) is 5.26 Å². The van der Waals surface area contributed by atoms with Gasteiger partial charge >= 0.3 is 0 Å². The molecule has 1 N–H and O–H groups in total. The molecule has 0 aliphatic rings. The van der Waals surface area contributed by atoms with Gasteiger partial charge in [-0.15, -0.1) is 0 Å². The van der Waals surface area contributed by atoms with Crippen LogP contribution in [0.1, 0.15) is 54.4 Å². The number of nitriles is 1. The Morgan fingerprint density at radius 3 is 2.18 bits per heavy atom. The lowest BCUT2D eigenvalue weighted by Gasteiger charge is -2.23. The number of hydrogen-bond acceptors (Lipinski definition) is 2. The summed E-state index contributed by atoms with van der Waals surface area (Å²) in [6, 6.07) is 1.75. The summed E-state index contributed by atoms with van der Waals surface area (Å²) >= 11 is 0. The van der Waals surface area contributed by atoms with Crippen LogP contribution in [0, 0.1) is 28.6 Å². The van der Waals surface area contributed by atoms with E-state index in [1.54, 1.807) is 0 Å². The summed E-state index contributed by atoms with van der Waals surface area (Å²) in [5.41, 5.74) is 0.242. The van der Waals surface area contributed by atoms with Crippen molar-refractivity contribution >= 4 is 5.91 Å². The first-order chi connectivity index (χ1) is 7.65. The maximum Gasteiger partial charge on any atom is 0.221 e. The van der Waals surface area contributed by atoms with E-state index >= 15 is 0 Å². The summed E-state index contributed by atoms with van der Waals surface area (Å²) in [7, 11) is 0. The Morgan fingerprint density at radius 1 is 1.29 bits per heavy atom. The maximum absolute atomic E-state index is 11.8. The van der Waals surface area contributed by atoms with Gasteiger partial charge in [-0.05, 0) is 23.7 Å². The molecule has 0 saturated carbocycles. The van der Waals surface area contributed by atoms with Gasteiger partial charge in [0.2, 0.25) is 5.91 Å². The molecule has 0 aliphatic carbocycles. The predicted molar refractivity (Wildman–Crippen MR) is 70.2 cm³/mol. The van der Waals surface area contributed by atoms with Gasteiger partial charge in [-0.1, -0.05) is 41.5 Å². The van der Waals surface area contributed by atoms with Gasteiger partial charge in [-0.3, -0.25) is 4.79 Å². The summed E-state index contributed by atoms with van der Waals surface area (Å²) in [5, 5.41) is 11.7. The Hall–Kier alpha value is -1.04. The molecule has 3 heteroatoms. The van der Waals surface area contributed by atoms with Crippen molar-refractivity contribution in [2.45, 2.75) is 60.4 Å². The number of hydrogen-bond donors (Lipinski definition) is 1. The van der Waals surface area contributed by atoms with Gasteiger partial charge in [0, 0.05) is 6.42 Å². The van der Waals surface area contributed by atoms with Crippen molar-refractivity contribution in [2.24, 2.45) is 17.3 Å². The third-order valence-corrected chi connectivity index (χ3v) is 2.62. The maximum atomic E-state index is 11.8. The van der Waals surface area contributed by atoms with Crippen LogP contribution >= 0.6 is 0 Å². The van der Waals surface area contributed by atoms with Crippen LogP contribution in [0.4, 0.5) is 0 Å². The molecule has 0 aliphatic heterocycles. The zero-order valence-electron chi connectivity index (χ0n) is 12.0. The van der Waals surface area contributed by atoms with Crippen LogP contribution in [0.25, 0.3) is 0 Å². The first-order valence-corrected chi connectivity index (χ1v) is 6.34. The zero-order valence-corrected chi connectivity index (χ0v) is 12.0. The van der Waals surface area contributed by atoms with Gasteiger partial charge in [0.15, 0.2) is 0 Å². The van der Waals surface area contributed by atoms with E-state index in [1.807, 2.05) is 13.8 Å². The number of carbonyl (C=O) groups excluding carboxylic acids is 1. The molecule has 0 heterocycles. The summed E-state index contributed by atoms with van der Waals surface area (Å²) in [6.45, 7) is 12.5. The molecule has 0 bridgehead atoms. The molecule has 3 nitrogen and oxygen atoms in total. The Kier molecular flexibility index (Phi) is 6.23. The van der Waals surface area contributed by atoms with E-state index in [2.05, 4.69) is 39.1 Å². The van der Waals surface area contributed by atoms with Gasteiger partial charge in [0.25, 0.3) is 0 Å². The molecule has 2 atom stereocenters. The second-order valence-electron chi connectivity index (χ2n) is 6.49. The first-order valence-electron chi connectivity index (χ1n) is 6.34. The number of amides is 1. The minimum Gasteiger partial charge on any atom is -0.340 e. The smallest absolute Gasteiger partial charge is 0.221 e. The minimum absolute atomic E-state index is 0.0120. The lowest BCUT2D eigenvalue weighted by Crippen LogP contribution is -2.38. The molecule has 1 amide bonds. The molecule has 0 spiro atoms. The lowest BCUT2D eigenvalue weighted by molar-refractivity contribution is -0.122. The Labute approximate surface area is 106 Å². The van der Waals surface area contributed by atoms with Gasteiger partial charge in [0.1, 0.15) is 6.04 Å². The fraction of sp³-hybridized carbons (Fsp3) is 0.857. The lowest BCUT2D eigenvalue weighted by atomic mass is 9.84. The van der Waals surface area contributed by atoms with Crippen LogP contribution in [0.3, 0.4) is 0 Å². The van der Waals surface area contributed by atoms with Crippen molar-refractivity contribution in [3.63, 3.8) is 0 Å². The largest absolute Gasteiger partial charge is 0.340 e. The van der Waals surface area contributed by atoms with E-state index in [0.29, 0.717) is 12.3 Å². The molecule has 0 aromatic heterocycles. The second-order valence-corrected chi connectivity index (χ2v) is 6.49. The summed E-state index contributed by atoms with van der Waals surface area (Å²) in [5.74, 6) is 0.491. The average molecular weight is 238 g/mol. The standard InChI is InChI=1S/C14H26N2O/c1-10(2)12(9-15)16-13(17)7-11(3)8-14(4,5)6/h10-12H,7-8H2,1-6H3,(H,16,17). The van der Waals surface area contributed by atoms with Crippen LogP contribution < -0.4 is 5.32 Å². The Balaban J connectivity index is 4.15. The second kappa shape index (κ2) is 6.64. The van der Waals surface area contributed by atoms with E-state index in [9.17, 15) is 4.79 Å². The summed E-state index contributed by atoms with van der Waals surface area (Å²) in [6.07, 6.45) is 1.52. The van der Waals surface area contributed by atoms with Gasteiger partial charge in [-0.25, -0.2) is 0 Å². The Bertz CT molecular complexity index is 284. The topological polar surface area (TPSA) is 52.9 Å². The average Bonchev–Trinajstić information content (AvgIpc) is 2.09. The summed E-state index contributed by atoms with van der Waals surface area (Å²) < 4.78 is 0. The molecule has 0 radical (unpaired) electrons. The normalized spacial score (nSPS) is 15.2. The van der Waals surface area contributed by atoms with Crippen molar-refractivity contribution in [2.75, 3.05) is 0 Å². The molecule has 2 unspecified atom stereocenters. The molecule has 0 aromatic rings. The predicted octanol–water partition coefficient (Wildman–Crippen LogP) is 3.11. The SMILES string of the molecule is CC(CC(=O)NC(C#N)C(C)C)CC(C)(C)C. The third kappa shape index (κ3) is 7.79. The molecular formula is C14H26N2O. The first kappa shape index (κ1) is 16.0. The fourth-order valence-electron chi connectivity index (χ4n) is 2.01. The molecule has 0 fully saturated rings. The van der Waals surface area contributed by atoms with Crippen molar-refractivity contribution in [3.8, 4) is 6.07 Å². The highest BCUT2D eigenvalue weighted by Gasteiger charge is 2.20. The van der Waals surface area contributed by atoms with Crippen LogP contribution in [0.15, 0.2) is 0 Å². The Morgan fingerprint density at radius 2 is 1.82 bits per heavy atom. The molecule has 98 valence electrons. The summed E-state index contributed by atoms with van der Waals surface area (Å²) in [4.78, 5) is 11.8. The van der Waals surface area contributed by atoms with Crippen LogP contribution in [0.2, 0.25) is 0 Å². The third-order valence-electron chi connectivity index (χ3n) is 2.62. The van der Waals surface area contributed by atoms with E-state index < -0.39 is 0 Å². The van der Waals surface area contributed by atoms with E-state index in [4.69, 9.17) is 5.26 Å². The highest BCUT2D eigenvalue weighted by molar-refractivity contribution is 5.76. The molecule has 0 saturated heterocycles.